The second kappa shape index (κ2) is 9.90. The van der Waals surface area contributed by atoms with Crippen molar-refractivity contribution >= 4 is 24.2 Å². The third-order valence-electron chi connectivity index (χ3n) is 4.45. The summed E-state index contributed by atoms with van der Waals surface area (Å²) in [5.41, 5.74) is 0. The number of amides is 2. The lowest BCUT2D eigenvalue weighted by atomic mass is 10.1. The van der Waals surface area contributed by atoms with Crippen LogP contribution in [0.15, 0.2) is 12.7 Å². The number of hydrogen-bond donors (Lipinski definition) is 1. The summed E-state index contributed by atoms with van der Waals surface area (Å²) in [7, 11) is 2.06. The molecule has 1 unspecified atom stereocenters. The van der Waals surface area contributed by atoms with Crippen molar-refractivity contribution in [3.63, 3.8) is 0 Å². The van der Waals surface area contributed by atoms with Crippen molar-refractivity contribution in [2.75, 3.05) is 52.9 Å². The zero-order valence-electron chi connectivity index (χ0n) is 14.0. The molecule has 0 saturated carbocycles. The van der Waals surface area contributed by atoms with Gasteiger partial charge < -0.3 is 20.0 Å². The van der Waals surface area contributed by atoms with Crippen LogP contribution in [-0.2, 0) is 9.59 Å². The van der Waals surface area contributed by atoms with Crippen molar-refractivity contribution in [2.24, 2.45) is 0 Å². The lowest BCUT2D eigenvalue weighted by Gasteiger charge is -2.36. The van der Waals surface area contributed by atoms with E-state index in [-0.39, 0.29) is 36.7 Å². The van der Waals surface area contributed by atoms with Gasteiger partial charge >= 0.3 is 0 Å². The minimum absolute atomic E-state index is 0. The van der Waals surface area contributed by atoms with E-state index in [0.717, 1.165) is 58.7 Å². The number of nitrogens with zero attached hydrogens (tertiary/aromatic N) is 3. The molecule has 2 saturated heterocycles. The van der Waals surface area contributed by atoms with Crippen molar-refractivity contribution in [1.82, 2.24) is 20.0 Å². The van der Waals surface area contributed by atoms with Crippen LogP contribution in [0.3, 0.4) is 0 Å². The van der Waals surface area contributed by atoms with Gasteiger partial charge in [0.1, 0.15) is 0 Å². The van der Waals surface area contributed by atoms with Crippen molar-refractivity contribution in [3.05, 3.63) is 12.7 Å². The number of halogens is 1. The fourth-order valence-corrected chi connectivity index (χ4v) is 2.96. The van der Waals surface area contributed by atoms with Gasteiger partial charge in [-0.15, -0.1) is 19.0 Å². The highest BCUT2D eigenvalue weighted by Gasteiger charge is 2.31. The summed E-state index contributed by atoms with van der Waals surface area (Å²) in [6, 6.07) is -0.357. The third-order valence-corrected chi connectivity index (χ3v) is 4.45. The highest BCUT2D eigenvalue weighted by atomic mass is 35.5. The summed E-state index contributed by atoms with van der Waals surface area (Å²) in [5, 5.41) is 3.20. The van der Waals surface area contributed by atoms with E-state index in [1.54, 1.807) is 0 Å². The number of carbonyl (C=O) groups excluding carboxylic acids is 2. The van der Waals surface area contributed by atoms with E-state index in [4.69, 9.17) is 0 Å². The number of rotatable bonds is 6. The first-order chi connectivity index (χ1) is 10.6. The third kappa shape index (κ3) is 5.79. The highest BCUT2D eigenvalue weighted by Crippen LogP contribution is 2.10. The van der Waals surface area contributed by atoms with Crippen LogP contribution < -0.4 is 5.32 Å². The van der Waals surface area contributed by atoms with Gasteiger partial charge in [-0.05, 0) is 19.9 Å². The van der Waals surface area contributed by atoms with Gasteiger partial charge in [0.25, 0.3) is 0 Å². The quantitative estimate of drug-likeness (QED) is 0.557. The summed E-state index contributed by atoms with van der Waals surface area (Å²) in [4.78, 5) is 30.8. The smallest absolute Gasteiger partial charge is 0.240 e. The van der Waals surface area contributed by atoms with E-state index in [1.165, 1.54) is 0 Å². The number of piperazine rings is 2. The summed E-state index contributed by atoms with van der Waals surface area (Å²) in [6.45, 7) is 9.30. The van der Waals surface area contributed by atoms with Crippen LogP contribution in [0.25, 0.3) is 0 Å². The van der Waals surface area contributed by atoms with Crippen molar-refractivity contribution in [2.45, 2.75) is 25.3 Å². The Morgan fingerprint density at radius 2 is 2.00 bits per heavy atom. The summed E-state index contributed by atoms with van der Waals surface area (Å²) >= 11 is 0. The molecule has 2 aliphatic rings. The molecule has 0 spiro atoms. The molecule has 0 aromatic rings. The van der Waals surface area contributed by atoms with Gasteiger partial charge in [0, 0.05) is 45.8 Å². The van der Waals surface area contributed by atoms with Gasteiger partial charge in [-0.25, -0.2) is 0 Å². The van der Waals surface area contributed by atoms with Crippen molar-refractivity contribution in [3.8, 4) is 0 Å². The normalized spacial score (nSPS) is 22.7. The average molecular weight is 345 g/mol. The van der Waals surface area contributed by atoms with E-state index in [1.807, 2.05) is 15.9 Å². The van der Waals surface area contributed by atoms with Gasteiger partial charge in [-0.3, -0.25) is 9.59 Å². The maximum absolute atomic E-state index is 12.4. The summed E-state index contributed by atoms with van der Waals surface area (Å²) < 4.78 is 0. The molecule has 0 aliphatic carbocycles. The number of nitrogens with one attached hydrogen (secondary N) is 1. The maximum atomic E-state index is 12.4. The molecular weight excluding hydrogens is 316 g/mol. The lowest BCUT2D eigenvalue weighted by Crippen LogP contribution is -2.57. The number of allylic oxidation sites excluding steroid dienone is 1. The molecule has 7 heteroatoms. The van der Waals surface area contributed by atoms with Gasteiger partial charge in [0.15, 0.2) is 0 Å². The van der Waals surface area contributed by atoms with Crippen LogP contribution in [0.4, 0.5) is 0 Å². The fraction of sp³-hybridized carbons (Fsp3) is 0.750. The second-order valence-electron chi connectivity index (χ2n) is 6.15. The van der Waals surface area contributed by atoms with Crippen LogP contribution >= 0.6 is 12.4 Å². The molecule has 2 rings (SSSR count). The van der Waals surface area contributed by atoms with Gasteiger partial charge in [0.05, 0.1) is 12.5 Å². The Morgan fingerprint density at radius 1 is 1.30 bits per heavy atom. The SMILES string of the molecule is C=CCCCN1CCNC(CC(=O)N2CCN(C)CC2)C1=O.Cl. The molecule has 2 aliphatic heterocycles. The molecule has 23 heavy (non-hydrogen) atoms. The monoisotopic (exact) mass is 344 g/mol. The standard InChI is InChI=1S/C16H28N4O2.ClH/c1-3-4-5-7-20-8-6-17-14(16(20)22)13-15(21)19-11-9-18(2)10-12-19;/h3,14,17H,1,4-13H2,2H3;1H. The minimum Gasteiger partial charge on any atom is -0.340 e. The molecule has 2 fully saturated rings. The summed E-state index contributed by atoms with van der Waals surface area (Å²) in [5.74, 6) is 0.157. The Bertz CT molecular complexity index is 411. The molecule has 2 amide bonds. The number of carbonyl (C=O) groups is 2. The Morgan fingerprint density at radius 3 is 2.65 bits per heavy atom. The average Bonchev–Trinajstić information content (AvgIpc) is 2.51. The molecule has 1 N–H and O–H groups in total. The van der Waals surface area contributed by atoms with E-state index < -0.39 is 0 Å². The van der Waals surface area contributed by atoms with Crippen LogP contribution in [0.1, 0.15) is 19.3 Å². The molecule has 6 nitrogen and oxygen atoms in total. The van der Waals surface area contributed by atoms with Crippen LogP contribution in [-0.4, -0.2) is 85.4 Å². The largest absolute Gasteiger partial charge is 0.340 e. The second-order valence-corrected chi connectivity index (χ2v) is 6.15. The van der Waals surface area contributed by atoms with E-state index >= 15 is 0 Å². The van der Waals surface area contributed by atoms with E-state index in [2.05, 4.69) is 23.8 Å². The number of unbranched alkanes of at least 4 members (excludes halogenated alkanes) is 1. The van der Waals surface area contributed by atoms with Gasteiger partial charge in [-0.2, -0.15) is 0 Å². The Labute approximate surface area is 145 Å². The molecule has 0 bridgehead atoms. The van der Waals surface area contributed by atoms with Gasteiger partial charge in [0.2, 0.25) is 11.8 Å². The van der Waals surface area contributed by atoms with E-state index in [9.17, 15) is 9.59 Å². The first-order valence-electron chi connectivity index (χ1n) is 8.21. The maximum Gasteiger partial charge on any atom is 0.240 e. The molecule has 132 valence electrons. The van der Waals surface area contributed by atoms with Crippen LogP contribution in [0.5, 0.6) is 0 Å². The Balaban J connectivity index is 0.00000264. The van der Waals surface area contributed by atoms with Crippen molar-refractivity contribution in [1.29, 1.82) is 0 Å². The number of likely N-dealkylation sites (N-methyl/N-ethyl adjacent to an activating group) is 1. The lowest BCUT2D eigenvalue weighted by molar-refractivity contribution is -0.141. The predicted molar refractivity (Wildman–Crippen MR) is 93.7 cm³/mol. The van der Waals surface area contributed by atoms with Crippen LogP contribution in [0, 0.1) is 0 Å². The first-order valence-corrected chi connectivity index (χ1v) is 8.21. The molecule has 2 heterocycles. The topological polar surface area (TPSA) is 55.9 Å². The predicted octanol–water partition coefficient (Wildman–Crippen LogP) is 0.339. The van der Waals surface area contributed by atoms with Crippen molar-refractivity contribution < 1.29 is 9.59 Å². The molecule has 0 radical (unpaired) electrons. The molecule has 1 atom stereocenters. The zero-order valence-corrected chi connectivity index (χ0v) is 14.8. The molecule has 0 aromatic heterocycles. The zero-order chi connectivity index (χ0) is 15.9. The van der Waals surface area contributed by atoms with Crippen LogP contribution in [0.2, 0.25) is 0 Å². The first kappa shape index (κ1) is 19.9. The molecular formula is C16H29ClN4O2. The number of hydrogen-bond acceptors (Lipinski definition) is 4. The molecule has 0 aromatic carbocycles. The highest BCUT2D eigenvalue weighted by molar-refractivity contribution is 5.89. The minimum atomic E-state index is -0.357. The Kier molecular flexibility index (Phi) is 8.58. The Hall–Kier alpha value is -1.11. The fourth-order valence-electron chi connectivity index (χ4n) is 2.96. The van der Waals surface area contributed by atoms with Gasteiger partial charge in [-0.1, -0.05) is 6.08 Å². The summed E-state index contributed by atoms with van der Waals surface area (Å²) in [6.07, 6.45) is 4.01. The van der Waals surface area contributed by atoms with E-state index in [0.29, 0.717) is 0 Å².